The predicted molar refractivity (Wildman–Crippen MR) is 213 cm³/mol. The van der Waals surface area contributed by atoms with Crippen LogP contribution >= 0.6 is 0 Å². The molecule has 3 atom stereocenters. The Hall–Kier alpha value is -5.93. The molecule has 3 unspecified atom stereocenters. The van der Waals surface area contributed by atoms with Crippen LogP contribution in [0.2, 0.25) is 0 Å². The van der Waals surface area contributed by atoms with Crippen LogP contribution in [0.4, 0.5) is 29.3 Å². The van der Waals surface area contributed by atoms with E-state index in [-0.39, 0.29) is 42.2 Å². The second-order valence-corrected chi connectivity index (χ2v) is 16.3. The first kappa shape index (κ1) is 40.8. The molecule has 0 aliphatic carbocycles. The first-order valence-electron chi connectivity index (χ1n) is 20.4. The molecule has 4 fully saturated rings. The van der Waals surface area contributed by atoms with Crippen molar-refractivity contribution in [2.45, 2.75) is 57.0 Å². The smallest absolute Gasteiger partial charge is 0.371 e. The molecule has 0 bridgehead atoms. The van der Waals surface area contributed by atoms with Crippen LogP contribution in [0.5, 0.6) is 0 Å². The minimum Gasteiger partial charge on any atom is -0.371 e. The normalized spacial score (nSPS) is 24.5. The Balaban J connectivity index is 0.754. The summed E-state index contributed by atoms with van der Waals surface area (Å²) >= 11 is 0. The molecule has 6 aliphatic rings. The molecule has 0 aromatic heterocycles. The average Bonchev–Trinajstić information content (AvgIpc) is 3.48. The van der Waals surface area contributed by atoms with Gasteiger partial charge in [-0.15, -0.1) is 0 Å². The van der Waals surface area contributed by atoms with E-state index in [0.29, 0.717) is 36.9 Å². The molecule has 0 saturated carbocycles. The maximum Gasteiger partial charge on any atom is 0.417 e. The summed E-state index contributed by atoms with van der Waals surface area (Å²) in [5.41, 5.74) is 1.02. The number of allylic oxidation sites excluding steroid dienone is 1. The second-order valence-electron chi connectivity index (χ2n) is 16.3. The molecule has 6 heterocycles. The van der Waals surface area contributed by atoms with E-state index in [2.05, 4.69) is 30.7 Å². The number of nitrogens with zero attached hydrogens (tertiary/aromatic N) is 7. The van der Waals surface area contributed by atoms with Crippen LogP contribution in [0.25, 0.3) is 0 Å². The van der Waals surface area contributed by atoms with E-state index in [9.17, 15) is 37.1 Å². The number of amides is 6. The van der Waals surface area contributed by atoms with Gasteiger partial charge in [0.15, 0.2) is 0 Å². The van der Waals surface area contributed by atoms with Gasteiger partial charge in [0.1, 0.15) is 6.04 Å². The lowest BCUT2D eigenvalue weighted by atomic mass is 9.95. The number of hydrogen-bond donors (Lipinski definition) is 3. The Morgan fingerprint density at radius 1 is 0.900 bits per heavy atom. The van der Waals surface area contributed by atoms with Crippen molar-refractivity contribution < 1.29 is 37.1 Å². The van der Waals surface area contributed by atoms with Crippen molar-refractivity contribution in [1.29, 1.82) is 5.26 Å². The number of carbonyl (C=O) groups is 5. The van der Waals surface area contributed by atoms with Crippen LogP contribution < -0.4 is 25.8 Å². The zero-order valence-electron chi connectivity index (χ0n) is 33.2. The lowest BCUT2D eigenvalue weighted by Crippen LogP contribution is -2.56. The summed E-state index contributed by atoms with van der Waals surface area (Å²) < 4.78 is 40.7. The van der Waals surface area contributed by atoms with Crippen molar-refractivity contribution in [3.05, 3.63) is 82.7 Å². The monoisotopic (exact) mass is 828 g/mol. The topological polar surface area (TPSA) is 165 Å². The van der Waals surface area contributed by atoms with E-state index in [4.69, 9.17) is 5.26 Å². The number of benzene rings is 2. The minimum absolute atomic E-state index is 0.00155. The van der Waals surface area contributed by atoms with Gasteiger partial charge in [-0.1, -0.05) is 0 Å². The van der Waals surface area contributed by atoms with Crippen molar-refractivity contribution in [2.24, 2.45) is 5.92 Å². The molecule has 60 heavy (non-hydrogen) atoms. The molecule has 3 N–H and O–H groups in total. The van der Waals surface area contributed by atoms with Gasteiger partial charge in [-0.25, -0.2) is 4.79 Å². The molecule has 2 aromatic rings. The summed E-state index contributed by atoms with van der Waals surface area (Å²) in [5, 5.41) is 17.7. The lowest BCUT2D eigenvalue weighted by Gasteiger charge is -2.42. The maximum atomic E-state index is 13.6. The van der Waals surface area contributed by atoms with Gasteiger partial charge >= 0.3 is 12.2 Å². The molecule has 6 aliphatic heterocycles. The van der Waals surface area contributed by atoms with Crippen molar-refractivity contribution in [1.82, 2.24) is 35.6 Å². The average molecular weight is 829 g/mol. The highest BCUT2D eigenvalue weighted by Crippen LogP contribution is 2.36. The Labute approximate surface area is 345 Å². The third kappa shape index (κ3) is 8.28. The van der Waals surface area contributed by atoms with Gasteiger partial charge in [0, 0.05) is 95.5 Å². The number of halogens is 3. The fourth-order valence-electron chi connectivity index (χ4n) is 9.17. The molecular weight excluding hydrogens is 782 g/mol. The second kappa shape index (κ2) is 16.6. The van der Waals surface area contributed by atoms with Crippen LogP contribution in [-0.4, -0.2) is 133 Å². The SMILES string of the molecule is CC1CN(C(=O)NC2=CNC(N3CCC(CN4CCN(c5ccc6c(c5)C(=O)N(C5CCC(=O)NC5=O)C6=O)CC4)CC3)C=C2)CCN1c1ccc(C#N)c(C(F)(F)F)c1. The van der Waals surface area contributed by atoms with Crippen LogP contribution in [0.1, 0.15) is 64.4 Å². The van der Waals surface area contributed by atoms with E-state index in [0.717, 1.165) is 75.3 Å². The van der Waals surface area contributed by atoms with E-state index in [1.54, 1.807) is 29.3 Å². The number of anilines is 2. The highest BCUT2D eigenvalue weighted by molar-refractivity contribution is 6.23. The number of hydrogen-bond acceptors (Lipinski definition) is 11. The van der Waals surface area contributed by atoms with E-state index >= 15 is 0 Å². The number of alkyl halides is 3. The fourth-order valence-corrected chi connectivity index (χ4v) is 9.17. The van der Waals surface area contributed by atoms with Gasteiger partial charge < -0.3 is 25.3 Å². The summed E-state index contributed by atoms with van der Waals surface area (Å²) in [7, 11) is 0. The summed E-state index contributed by atoms with van der Waals surface area (Å²) in [6.07, 6.45) is 3.38. The van der Waals surface area contributed by atoms with Gasteiger partial charge in [0.2, 0.25) is 11.8 Å². The van der Waals surface area contributed by atoms with Crippen molar-refractivity contribution in [3.63, 3.8) is 0 Å². The molecule has 6 amide bonds. The van der Waals surface area contributed by atoms with Crippen LogP contribution in [0.15, 0.2) is 60.4 Å². The van der Waals surface area contributed by atoms with Crippen molar-refractivity contribution in [2.75, 3.05) is 75.2 Å². The van der Waals surface area contributed by atoms with E-state index < -0.39 is 47.0 Å². The van der Waals surface area contributed by atoms with Crippen LogP contribution in [0, 0.1) is 17.2 Å². The molecule has 0 radical (unpaired) electrons. The molecular formula is C42H47F3N10O5. The Morgan fingerprint density at radius 3 is 2.30 bits per heavy atom. The Bertz CT molecular complexity index is 2170. The minimum atomic E-state index is -4.64. The number of piperazine rings is 2. The molecule has 8 rings (SSSR count). The third-order valence-corrected chi connectivity index (χ3v) is 12.5. The number of nitriles is 1. The van der Waals surface area contributed by atoms with Crippen molar-refractivity contribution in [3.8, 4) is 6.07 Å². The molecule has 18 heteroatoms. The molecule has 0 spiro atoms. The van der Waals surface area contributed by atoms with E-state index in [1.165, 1.54) is 12.1 Å². The van der Waals surface area contributed by atoms with Gasteiger partial charge in [-0.2, -0.15) is 18.4 Å². The highest BCUT2D eigenvalue weighted by atomic mass is 19.4. The first-order chi connectivity index (χ1) is 28.8. The summed E-state index contributed by atoms with van der Waals surface area (Å²) in [6, 6.07) is 9.08. The first-order valence-corrected chi connectivity index (χ1v) is 20.4. The number of fused-ring (bicyclic) bond motifs is 1. The van der Waals surface area contributed by atoms with Crippen LogP contribution in [0.3, 0.4) is 0 Å². The number of likely N-dealkylation sites (tertiary alicyclic amines) is 1. The zero-order chi connectivity index (χ0) is 42.3. The van der Waals surface area contributed by atoms with Gasteiger partial charge in [0.05, 0.1) is 40.2 Å². The fraction of sp³-hybridized carbons (Fsp3) is 0.476. The molecule has 15 nitrogen and oxygen atoms in total. The molecule has 316 valence electrons. The summed E-state index contributed by atoms with van der Waals surface area (Å²) in [4.78, 5) is 75.2. The Kier molecular flexibility index (Phi) is 11.3. The number of nitrogens with one attached hydrogen (secondary N) is 3. The highest BCUT2D eigenvalue weighted by Gasteiger charge is 2.45. The van der Waals surface area contributed by atoms with Crippen molar-refractivity contribution >= 4 is 41.0 Å². The number of piperidine rings is 2. The summed E-state index contributed by atoms with van der Waals surface area (Å²) in [6.45, 7) is 8.98. The largest absolute Gasteiger partial charge is 0.417 e. The van der Waals surface area contributed by atoms with Gasteiger partial charge in [-0.3, -0.25) is 39.2 Å². The number of carbonyl (C=O) groups excluding carboxylic acids is 5. The number of rotatable bonds is 7. The van der Waals surface area contributed by atoms with E-state index in [1.807, 2.05) is 30.0 Å². The molecule has 4 saturated heterocycles. The molecule has 2 aromatic carbocycles. The number of urea groups is 1. The predicted octanol–water partition coefficient (Wildman–Crippen LogP) is 3.06. The lowest BCUT2D eigenvalue weighted by molar-refractivity contribution is -0.138. The van der Waals surface area contributed by atoms with Gasteiger partial charge in [-0.05, 0) is 80.7 Å². The Morgan fingerprint density at radius 2 is 1.63 bits per heavy atom. The zero-order valence-corrected chi connectivity index (χ0v) is 33.2. The van der Waals surface area contributed by atoms with Crippen LogP contribution in [-0.2, 0) is 15.8 Å². The number of imide groups is 2. The quantitative estimate of drug-likeness (QED) is 0.352. The standard InChI is InChI=1S/C42H47F3N10O5/c1-26-24-53(18-19-54(26)31-4-2-28(22-46)34(21-31)42(43,44)45)41(60)48-29-3-8-36(47-23-29)52-12-10-27(11-13-52)25-50-14-16-51(17-15-50)30-5-6-32-33(20-30)40(59)55(39(32)58)35-7-9-37(56)49-38(35)57/h2-6,8,20-21,23,26-27,35-36,47H,7,9-19,24-25H2,1H3,(H,48,60)(H,49,56,57). The number of dihydropyridines is 1. The summed E-state index contributed by atoms with van der Waals surface area (Å²) in [5.74, 6) is -1.48. The maximum absolute atomic E-state index is 13.6. The van der Waals surface area contributed by atoms with Gasteiger partial charge in [0.25, 0.3) is 11.8 Å². The third-order valence-electron chi connectivity index (χ3n) is 12.5.